The molecule has 2 aliphatic rings. The number of carbonyl (C=O) groups is 1. The van der Waals surface area contributed by atoms with Crippen molar-refractivity contribution < 1.29 is 9.53 Å². The molecular weight excluding hydrogens is 268 g/mol. The SMILES string of the molecule is C[Si](C)(C)CCOCN1C(=O)C2(CC2)c2cccnc21. The smallest absolute Gasteiger partial charge is 0.240 e. The molecule has 5 heteroatoms. The lowest BCUT2D eigenvalue weighted by Crippen LogP contribution is -2.35. The third kappa shape index (κ3) is 2.29. The minimum Gasteiger partial charge on any atom is -0.361 e. The number of anilines is 1. The molecule has 1 aromatic heterocycles. The van der Waals surface area contributed by atoms with Crippen LogP contribution in [0.25, 0.3) is 0 Å². The first kappa shape index (κ1) is 13.8. The summed E-state index contributed by atoms with van der Waals surface area (Å²) in [4.78, 5) is 18.7. The van der Waals surface area contributed by atoms with Crippen LogP contribution in [0.15, 0.2) is 18.3 Å². The molecule has 20 heavy (non-hydrogen) atoms. The summed E-state index contributed by atoms with van der Waals surface area (Å²) in [5.41, 5.74) is 0.838. The average molecular weight is 290 g/mol. The van der Waals surface area contributed by atoms with Gasteiger partial charge in [0.25, 0.3) is 0 Å². The molecule has 0 radical (unpaired) electrons. The minimum atomic E-state index is -1.08. The topological polar surface area (TPSA) is 42.4 Å². The van der Waals surface area contributed by atoms with Crippen molar-refractivity contribution in [2.75, 3.05) is 18.2 Å². The molecule has 0 atom stereocenters. The maximum absolute atomic E-state index is 12.6. The van der Waals surface area contributed by atoms with Crippen molar-refractivity contribution in [3.05, 3.63) is 23.9 Å². The van der Waals surface area contributed by atoms with E-state index in [1.54, 1.807) is 11.1 Å². The van der Waals surface area contributed by atoms with E-state index in [9.17, 15) is 4.79 Å². The van der Waals surface area contributed by atoms with Crippen molar-refractivity contribution in [1.29, 1.82) is 0 Å². The third-order valence-corrected chi connectivity index (χ3v) is 5.88. The van der Waals surface area contributed by atoms with Crippen LogP contribution in [0.1, 0.15) is 18.4 Å². The largest absolute Gasteiger partial charge is 0.361 e. The van der Waals surface area contributed by atoms with Gasteiger partial charge in [0.15, 0.2) is 0 Å². The number of aromatic nitrogens is 1. The molecule has 3 rings (SSSR count). The molecule has 1 saturated carbocycles. The molecule has 2 heterocycles. The first-order valence-electron chi connectivity index (χ1n) is 7.29. The first-order valence-corrected chi connectivity index (χ1v) is 11.0. The van der Waals surface area contributed by atoms with Crippen LogP contribution in [-0.4, -0.2) is 32.3 Å². The molecule has 1 amide bonds. The summed E-state index contributed by atoms with van der Waals surface area (Å²) in [6.45, 7) is 8.05. The highest BCUT2D eigenvalue weighted by Gasteiger charge is 2.59. The van der Waals surface area contributed by atoms with E-state index in [1.165, 1.54) is 0 Å². The van der Waals surface area contributed by atoms with E-state index in [0.717, 1.165) is 36.9 Å². The normalized spacial score (nSPS) is 19.6. The molecular formula is C15H22N2O2Si. The van der Waals surface area contributed by atoms with E-state index in [-0.39, 0.29) is 11.3 Å². The van der Waals surface area contributed by atoms with Gasteiger partial charge in [-0.3, -0.25) is 9.69 Å². The van der Waals surface area contributed by atoms with Crippen LogP contribution in [-0.2, 0) is 14.9 Å². The van der Waals surface area contributed by atoms with Gasteiger partial charge in [0, 0.05) is 26.4 Å². The second-order valence-electron chi connectivity index (χ2n) is 7.04. The van der Waals surface area contributed by atoms with Crippen LogP contribution in [0.2, 0.25) is 25.7 Å². The van der Waals surface area contributed by atoms with E-state index in [2.05, 4.69) is 24.6 Å². The van der Waals surface area contributed by atoms with Crippen molar-refractivity contribution in [2.45, 2.75) is 43.9 Å². The highest BCUT2D eigenvalue weighted by Crippen LogP contribution is 2.56. The van der Waals surface area contributed by atoms with Gasteiger partial charge in [-0.25, -0.2) is 4.98 Å². The fraction of sp³-hybridized carbons (Fsp3) is 0.600. The zero-order valence-electron chi connectivity index (χ0n) is 12.5. The molecule has 1 spiro atoms. The summed E-state index contributed by atoms with van der Waals surface area (Å²) < 4.78 is 5.74. The van der Waals surface area contributed by atoms with Gasteiger partial charge < -0.3 is 4.74 Å². The Morgan fingerprint density at radius 1 is 1.40 bits per heavy atom. The summed E-state index contributed by atoms with van der Waals surface area (Å²) in [5.74, 6) is 0.988. The second-order valence-corrected chi connectivity index (χ2v) is 12.7. The molecule has 108 valence electrons. The molecule has 0 aromatic carbocycles. The Morgan fingerprint density at radius 3 is 2.80 bits per heavy atom. The molecule has 0 N–H and O–H groups in total. The number of carbonyl (C=O) groups excluding carboxylic acids is 1. The van der Waals surface area contributed by atoms with Crippen LogP contribution in [0.5, 0.6) is 0 Å². The fourth-order valence-corrected chi connectivity index (χ4v) is 3.47. The Hall–Kier alpha value is -1.20. The number of hydrogen-bond donors (Lipinski definition) is 0. The van der Waals surface area contributed by atoms with Crippen molar-refractivity contribution in [3.63, 3.8) is 0 Å². The van der Waals surface area contributed by atoms with E-state index >= 15 is 0 Å². The number of ether oxygens (including phenoxy) is 1. The van der Waals surface area contributed by atoms with E-state index in [0.29, 0.717) is 6.73 Å². The number of fused-ring (bicyclic) bond motifs is 2. The summed E-state index contributed by atoms with van der Waals surface area (Å²) in [6.07, 6.45) is 3.66. The Kier molecular flexibility index (Phi) is 3.21. The van der Waals surface area contributed by atoms with Gasteiger partial charge in [0.1, 0.15) is 12.5 Å². The molecule has 0 saturated heterocycles. The van der Waals surface area contributed by atoms with E-state index < -0.39 is 8.07 Å². The van der Waals surface area contributed by atoms with E-state index in [1.807, 2.05) is 12.1 Å². The average Bonchev–Trinajstić information content (AvgIpc) is 3.14. The zero-order chi connectivity index (χ0) is 14.4. The second kappa shape index (κ2) is 4.67. The van der Waals surface area contributed by atoms with Crippen LogP contribution in [0, 0.1) is 0 Å². The first-order chi connectivity index (χ1) is 9.44. The van der Waals surface area contributed by atoms with Crippen LogP contribution < -0.4 is 4.90 Å². The minimum absolute atomic E-state index is 0.180. The number of pyridine rings is 1. The molecule has 1 aliphatic heterocycles. The summed E-state index contributed by atoms with van der Waals surface area (Å²) >= 11 is 0. The van der Waals surface area contributed by atoms with Crippen LogP contribution in [0.3, 0.4) is 0 Å². The Balaban J connectivity index is 1.67. The van der Waals surface area contributed by atoms with Crippen molar-refractivity contribution >= 4 is 19.8 Å². The maximum atomic E-state index is 12.6. The zero-order valence-corrected chi connectivity index (χ0v) is 13.5. The number of rotatable bonds is 5. The maximum Gasteiger partial charge on any atom is 0.240 e. The number of nitrogens with zero attached hydrogens (tertiary/aromatic N) is 2. The summed E-state index contributed by atoms with van der Waals surface area (Å²) in [7, 11) is -1.08. The third-order valence-electron chi connectivity index (χ3n) is 4.18. The van der Waals surface area contributed by atoms with Gasteiger partial charge in [-0.2, -0.15) is 0 Å². The molecule has 1 aliphatic carbocycles. The van der Waals surface area contributed by atoms with Crippen LogP contribution >= 0.6 is 0 Å². The van der Waals surface area contributed by atoms with Crippen molar-refractivity contribution in [2.24, 2.45) is 0 Å². The van der Waals surface area contributed by atoms with Gasteiger partial charge in [-0.1, -0.05) is 25.7 Å². The fourth-order valence-electron chi connectivity index (χ4n) is 2.72. The van der Waals surface area contributed by atoms with Gasteiger partial charge >= 0.3 is 0 Å². The monoisotopic (exact) mass is 290 g/mol. The lowest BCUT2D eigenvalue weighted by molar-refractivity contribution is -0.121. The Labute approximate surface area is 121 Å². The quantitative estimate of drug-likeness (QED) is 0.618. The number of hydrogen-bond acceptors (Lipinski definition) is 3. The lowest BCUT2D eigenvalue weighted by atomic mass is 10.00. The van der Waals surface area contributed by atoms with Crippen molar-refractivity contribution in [3.8, 4) is 0 Å². The van der Waals surface area contributed by atoms with Gasteiger partial charge in [-0.15, -0.1) is 0 Å². The summed E-state index contributed by atoms with van der Waals surface area (Å²) in [6, 6.07) is 5.08. The predicted molar refractivity (Wildman–Crippen MR) is 81.6 cm³/mol. The lowest BCUT2D eigenvalue weighted by Gasteiger charge is -2.19. The highest BCUT2D eigenvalue weighted by molar-refractivity contribution is 6.76. The molecule has 0 unspecified atom stereocenters. The standard InChI is InChI=1S/C15H22N2O2Si/c1-20(2,3)10-9-19-11-17-13-12(5-4-8-16-13)15(6-7-15)14(17)18/h4-5,8H,6-7,9-11H2,1-3H3. The predicted octanol–water partition coefficient (Wildman–Crippen LogP) is 2.77. The van der Waals surface area contributed by atoms with Crippen LogP contribution in [0.4, 0.5) is 5.82 Å². The van der Waals surface area contributed by atoms with Gasteiger partial charge in [-0.05, 0) is 25.0 Å². The molecule has 0 bridgehead atoms. The van der Waals surface area contributed by atoms with Gasteiger partial charge in [0.05, 0.1) is 5.41 Å². The Morgan fingerprint density at radius 2 is 2.15 bits per heavy atom. The highest BCUT2D eigenvalue weighted by atomic mass is 28.3. The molecule has 4 nitrogen and oxygen atoms in total. The van der Waals surface area contributed by atoms with Gasteiger partial charge in [0.2, 0.25) is 5.91 Å². The summed E-state index contributed by atoms with van der Waals surface area (Å²) in [5, 5.41) is 0. The Bertz CT molecular complexity index is 535. The molecule has 1 fully saturated rings. The molecule has 1 aromatic rings. The number of amides is 1. The van der Waals surface area contributed by atoms with E-state index in [4.69, 9.17) is 4.74 Å². The van der Waals surface area contributed by atoms with Crippen molar-refractivity contribution in [1.82, 2.24) is 4.98 Å².